The van der Waals surface area contributed by atoms with E-state index in [1.165, 1.54) is 11.8 Å². The molecule has 0 aliphatic rings. The van der Waals surface area contributed by atoms with E-state index in [-0.39, 0.29) is 17.9 Å². The van der Waals surface area contributed by atoms with Crippen LogP contribution in [-0.2, 0) is 10.5 Å². The van der Waals surface area contributed by atoms with Gasteiger partial charge in [-0.25, -0.2) is 9.78 Å². The molecule has 0 aliphatic carbocycles. The van der Waals surface area contributed by atoms with Gasteiger partial charge in [-0.2, -0.15) is 0 Å². The zero-order valence-electron chi connectivity index (χ0n) is 19.2. The van der Waals surface area contributed by atoms with Crippen LogP contribution in [0.4, 0.5) is 0 Å². The number of para-hydroxylation sites is 4. The van der Waals surface area contributed by atoms with Crippen molar-refractivity contribution in [1.29, 1.82) is 0 Å². The molecule has 0 radical (unpaired) electrons. The van der Waals surface area contributed by atoms with E-state index in [1.54, 1.807) is 30.7 Å². The largest absolute Gasteiger partial charge is 0.495 e. The number of aromatic nitrogens is 2. The molecule has 0 unspecified atom stereocenters. The number of furan rings is 1. The first-order valence-corrected chi connectivity index (χ1v) is 12.1. The molecule has 0 bridgehead atoms. The summed E-state index contributed by atoms with van der Waals surface area (Å²) in [6, 6.07) is 22.0. The molecule has 35 heavy (non-hydrogen) atoms. The summed E-state index contributed by atoms with van der Waals surface area (Å²) in [5, 5.41) is 1.79. The van der Waals surface area contributed by atoms with Crippen molar-refractivity contribution in [3.05, 3.63) is 94.5 Å². The van der Waals surface area contributed by atoms with Crippen molar-refractivity contribution in [3.8, 4) is 11.4 Å². The first-order chi connectivity index (χ1) is 17.1. The minimum absolute atomic E-state index is 0.160. The van der Waals surface area contributed by atoms with Gasteiger partial charge in [0.15, 0.2) is 5.16 Å². The van der Waals surface area contributed by atoms with Crippen molar-refractivity contribution >= 4 is 39.6 Å². The van der Waals surface area contributed by atoms with Crippen LogP contribution in [0.3, 0.4) is 0 Å². The Balaban J connectivity index is 1.65. The zero-order valence-corrected chi connectivity index (χ0v) is 20.0. The fourth-order valence-electron chi connectivity index (χ4n) is 3.98. The molecule has 0 aliphatic heterocycles. The molecule has 8 heteroatoms. The number of nitrogens with zero attached hydrogens (tertiary/aromatic N) is 2. The molecule has 5 rings (SSSR count). The number of hydrogen-bond acceptors (Lipinski definition) is 7. The van der Waals surface area contributed by atoms with Crippen molar-refractivity contribution in [2.75, 3.05) is 13.7 Å². The molecule has 0 saturated carbocycles. The first-order valence-electron chi connectivity index (χ1n) is 11.1. The van der Waals surface area contributed by atoms with Gasteiger partial charge in [0.25, 0.3) is 5.56 Å². The molecule has 0 amide bonds. The highest BCUT2D eigenvalue weighted by Gasteiger charge is 2.23. The summed E-state index contributed by atoms with van der Waals surface area (Å²) in [6.45, 7) is 1.99. The Morgan fingerprint density at radius 3 is 2.51 bits per heavy atom. The van der Waals surface area contributed by atoms with Gasteiger partial charge < -0.3 is 13.9 Å². The number of thioether (sulfide) groups is 1. The molecular formula is C27H22N2O5S. The van der Waals surface area contributed by atoms with Crippen LogP contribution >= 0.6 is 11.8 Å². The average molecular weight is 487 g/mol. The van der Waals surface area contributed by atoms with Crippen molar-refractivity contribution in [2.45, 2.75) is 17.8 Å². The summed E-state index contributed by atoms with van der Waals surface area (Å²) in [5.74, 6) is 0.528. The number of ether oxygens (including phenoxy) is 2. The Bertz CT molecular complexity index is 1600. The third kappa shape index (κ3) is 4.17. The molecule has 0 N–H and O–H groups in total. The SMILES string of the molecule is CCOC(=O)c1oc2ccccc2c1CSc1nc2ccccc2c(=O)n1-c1ccccc1OC. The molecule has 3 aromatic carbocycles. The van der Waals surface area contributed by atoms with Crippen LogP contribution in [0.25, 0.3) is 27.6 Å². The molecule has 0 spiro atoms. The highest BCUT2D eigenvalue weighted by molar-refractivity contribution is 7.98. The molecule has 0 fully saturated rings. The Hall–Kier alpha value is -4.04. The number of rotatable bonds is 7. The maximum Gasteiger partial charge on any atom is 0.374 e. The Morgan fingerprint density at radius 2 is 1.71 bits per heavy atom. The van der Waals surface area contributed by atoms with E-state index >= 15 is 0 Å². The van der Waals surface area contributed by atoms with Crippen LogP contribution in [0.2, 0.25) is 0 Å². The van der Waals surface area contributed by atoms with Crippen molar-refractivity contribution in [2.24, 2.45) is 0 Å². The second-order valence-corrected chi connectivity index (χ2v) is 8.58. The predicted octanol–water partition coefficient (Wildman–Crippen LogP) is 5.61. The van der Waals surface area contributed by atoms with Gasteiger partial charge in [-0.15, -0.1) is 0 Å². The summed E-state index contributed by atoms with van der Waals surface area (Å²) in [5.41, 5.74) is 2.26. The van der Waals surface area contributed by atoms with E-state index in [2.05, 4.69) is 0 Å². The Labute approximate surface area is 205 Å². The maximum absolute atomic E-state index is 13.6. The highest BCUT2D eigenvalue weighted by Crippen LogP contribution is 2.34. The normalized spacial score (nSPS) is 11.1. The average Bonchev–Trinajstić information content (AvgIpc) is 3.26. The summed E-state index contributed by atoms with van der Waals surface area (Å²) in [7, 11) is 1.56. The lowest BCUT2D eigenvalue weighted by Gasteiger charge is -2.15. The summed E-state index contributed by atoms with van der Waals surface area (Å²) < 4.78 is 18.2. The minimum Gasteiger partial charge on any atom is -0.495 e. The number of carbonyl (C=O) groups is 1. The zero-order chi connectivity index (χ0) is 24.4. The van der Waals surface area contributed by atoms with Crippen LogP contribution in [0.15, 0.2) is 87.2 Å². The summed E-state index contributed by atoms with van der Waals surface area (Å²) >= 11 is 1.34. The molecule has 176 valence electrons. The van der Waals surface area contributed by atoms with Crippen molar-refractivity contribution in [3.63, 3.8) is 0 Å². The van der Waals surface area contributed by atoms with Crippen LogP contribution in [-0.4, -0.2) is 29.2 Å². The second-order valence-electron chi connectivity index (χ2n) is 7.64. The van der Waals surface area contributed by atoms with Gasteiger partial charge in [-0.1, -0.05) is 54.2 Å². The number of methoxy groups -OCH3 is 1. The highest BCUT2D eigenvalue weighted by atomic mass is 32.2. The van der Waals surface area contributed by atoms with Crippen LogP contribution in [0.1, 0.15) is 23.0 Å². The number of benzene rings is 3. The van der Waals surface area contributed by atoms with E-state index in [1.807, 2.05) is 60.7 Å². The first kappa shape index (κ1) is 22.7. The molecule has 7 nitrogen and oxygen atoms in total. The molecule has 5 aromatic rings. The van der Waals surface area contributed by atoms with Crippen molar-refractivity contribution in [1.82, 2.24) is 9.55 Å². The smallest absolute Gasteiger partial charge is 0.374 e. The van der Waals surface area contributed by atoms with Gasteiger partial charge in [0.05, 0.1) is 30.3 Å². The minimum atomic E-state index is -0.520. The predicted molar refractivity (Wildman–Crippen MR) is 136 cm³/mol. The molecule has 0 atom stereocenters. The molecule has 0 saturated heterocycles. The van der Waals surface area contributed by atoms with E-state index in [4.69, 9.17) is 18.9 Å². The summed E-state index contributed by atoms with van der Waals surface area (Å²) in [4.78, 5) is 31.0. The number of carbonyl (C=O) groups excluding carboxylic acids is 1. The third-order valence-corrected chi connectivity index (χ3v) is 6.54. The Morgan fingerprint density at radius 1 is 1.00 bits per heavy atom. The van der Waals surface area contributed by atoms with E-state index in [0.717, 1.165) is 5.39 Å². The maximum atomic E-state index is 13.6. The van der Waals surface area contributed by atoms with Crippen LogP contribution < -0.4 is 10.3 Å². The monoisotopic (exact) mass is 486 g/mol. The van der Waals surface area contributed by atoms with Gasteiger partial charge in [-0.05, 0) is 37.3 Å². The van der Waals surface area contributed by atoms with Crippen LogP contribution in [0.5, 0.6) is 5.75 Å². The number of fused-ring (bicyclic) bond motifs is 2. The van der Waals surface area contributed by atoms with Gasteiger partial charge in [0, 0.05) is 16.7 Å². The topological polar surface area (TPSA) is 83.6 Å². The van der Waals surface area contributed by atoms with Crippen molar-refractivity contribution < 1.29 is 18.7 Å². The second kappa shape index (κ2) is 9.68. The molecule has 2 heterocycles. The van der Waals surface area contributed by atoms with E-state index < -0.39 is 5.97 Å². The fourth-order valence-corrected chi connectivity index (χ4v) is 5.01. The third-order valence-electron chi connectivity index (χ3n) is 5.58. The Kier molecular flexibility index (Phi) is 6.29. The number of hydrogen-bond donors (Lipinski definition) is 0. The molecular weight excluding hydrogens is 464 g/mol. The fraction of sp³-hybridized carbons (Fsp3) is 0.148. The van der Waals surface area contributed by atoms with Gasteiger partial charge in [0.1, 0.15) is 11.3 Å². The van der Waals surface area contributed by atoms with Crippen LogP contribution in [0, 0.1) is 0 Å². The van der Waals surface area contributed by atoms with Gasteiger partial charge in [-0.3, -0.25) is 9.36 Å². The molecule has 2 aromatic heterocycles. The van der Waals surface area contributed by atoms with Gasteiger partial charge in [0.2, 0.25) is 5.76 Å². The quantitative estimate of drug-likeness (QED) is 0.168. The standard InChI is InChI=1S/C27H22N2O5S/c1-3-33-26(31)24-19(17-10-5-8-14-22(17)34-24)16-35-27-28-20-12-6-4-11-18(20)25(30)29(27)21-13-7-9-15-23(21)32-2/h4-15H,3,16H2,1-2H3. The summed E-state index contributed by atoms with van der Waals surface area (Å²) in [6.07, 6.45) is 0. The van der Waals surface area contributed by atoms with E-state index in [9.17, 15) is 9.59 Å². The number of esters is 1. The van der Waals surface area contributed by atoms with E-state index in [0.29, 0.717) is 44.4 Å². The lowest BCUT2D eigenvalue weighted by atomic mass is 10.1. The lowest BCUT2D eigenvalue weighted by molar-refractivity contribution is 0.0491. The lowest BCUT2D eigenvalue weighted by Crippen LogP contribution is -2.22. The van der Waals surface area contributed by atoms with Gasteiger partial charge >= 0.3 is 5.97 Å².